The first-order valence-electron chi connectivity index (χ1n) is 6.19. The third-order valence-corrected chi connectivity index (χ3v) is 3.87. The van der Waals surface area contributed by atoms with Crippen molar-refractivity contribution in [3.05, 3.63) is 16.1 Å². The molecule has 0 saturated carbocycles. The summed E-state index contributed by atoms with van der Waals surface area (Å²) in [4.78, 5) is 16.3. The van der Waals surface area contributed by atoms with Crippen LogP contribution in [0.5, 0.6) is 0 Å². The van der Waals surface area contributed by atoms with Gasteiger partial charge in [0.15, 0.2) is 0 Å². The Balaban J connectivity index is 1.81. The Kier molecular flexibility index (Phi) is 4.31. The van der Waals surface area contributed by atoms with E-state index in [0.717, 1.165) is 10.7 Å². The van der Waals surface area contributed by atoms with E-state index in [2.05, 4.69) is 29.5 Å². The Labute approximate surface area is 111 Å². The van der Waals surface area contributed by atoms with Crippen LogP contribution in [0.1, 0.15) is 36.9 Å². The molecule has 2 rings (SSSR count). The summed E-state index contributed by atoms with van der Waals surface area (Å²) in [5.74, 6) is 0.352. The van der Waals surface area contributed by atoms with Crippen molar-refractivity contribution in [2.24, 2.45) is 0 Å². The fourth-order valence-electron chi connectivity index (χ4n) is 1.87. The molecule has 100 valence electrons. The number of amides is 1. The molecule has 2 unspecified atom stereocenters. The van der Waals surface area contributed by atoms with Crippen LogP contribution in [-0.4, -0.2) is 34.7 Å². The summed E-state index contributed by atoms with van der Waals surface area (Å²) in [6, 6.07) is -0.274. The van der Waals surface area contributed by atoms with Gasteiger partial charge < -0.3 is 15.7 Å². The Morgan fingerprint density at radius 1 is 1.72 bits per heavy atom. The van der Waals surface area contributed by atoms with Crippen LogP contribution in [-0.2, 0) is 11.3 Å². The standard InChI is InChI=1S/C12H19N3O2S/c1-7(2)10-6-18-11(15-10)5-14-12(17)9-3-8(16)4-13-9/h6-9,13,16H,3-5H2,1-2H3,(H,14,17). The van der Waals surface area contributed by atoms with Gasteiger partial charge >= 0.3 is 0 Å². The van der Waals surface area contributed by atoms with E-state index in [4.69, 9.17) is 0 Å². The van der Waals surface area contributed by atoms with E-state index in [-0.39, 0.29) is 11.9 Å². The van der Waals surface area contributed by atoms with E-state index in [1.54, 1.807) is 11.3 Å². The summed E-state index contributed by atoms with van der Waals surface area (Å²) in [5.41, 5.74) is 1.07. The lowest BCUT2D eigenvalue weighted by Gasteiger charge is -2.09. The van der Waals surface area contributed by atoms with E-state index in [1.807, 2.05) is 5.38 Å². The predicted octanol–water partition coefficient (Wildman–Crippen LogP) is 0.605. The Hall–Kier alpha value is -0.980. The monoisotopic (exact) mass is 269 g/mol. The smallest absolute Gasteiger partial charge is 0.237 e. The molecule has 5 nitrogen and oxygen atoms in total. The Morgan fingerprint density at radius 2 is 2.50 bits per heavy atom. The first-order chi connectivity index (χ1) is 8.56. The van der Waals surface area contributed by atoms with Gasteiger partial charge in [-0.05, 0) is 12.3 Å². The minimum Gasteiger partial charge on any atom is -0.392 e. The maximum atomic E-state index is 11.8. The van der Waals surface area contributed by atoms with Crippen LogP contribution in [0.4, 0.5) is 0 Å². The van der Waals surface area contributed by atoms with Crippen LogP contribution in [0.25, 0.3) is 0 Å². The highest BCUT2D eigenvalue weighted by atomic mass is 32.1. The molecule has 1 aromatic heterocycles. The molecule has 1 saturated heterocycles. The highest BCUT2D eigenvalue weighted by molar-refractivity contribution is 7.09. The summed E-state index contributed by atoms with van der Waals surface area (Å²) in [7, 11) is 0. The van der Waals surface area contributed by atoms with Crippen molar-refractivity contribution in [1.82, 2.24) is 15.6 Å². The number of nitrogens with zero attached hydrogens (tertiary/aromatic N) is 1. The second kappa shape index (κ2) is 5.77. The van der Waals surface area contributed by atoms with Gasteiger partial charge in [0.05, 0.1) is 24.4 Å². The normalized spacial score (nSPS) is 23.6. The van der Waals surface area contributed by atoms with Gasteiger partial charge in [-0.2, -0.15) is 0 Å². The fraction of sp³-hybridized carbons (Fsp3) is 0.667. The number of hydrogen-bond acceptors (Lipinski definition) is 5. The molecule has 18 heavy (non-hydrogen) atoms. The summed E-state index contributed by atoms with van der Waals surface area (Å²) in [6.07, 6.45) is 0.0779. The van der Waals surface area contributed by atoms with Crippen molar-refractivity contribution in [3.8, 4) is 0 Å². The molecule has 1 aromatic rings. The number of rotatable bonds is 4. The third-order valence-electron chi connectivity index (χ3n) is 3.00. The molecule has 1 aliphatic heterocycles. The summed E-state index contributed by atoms with van der Waals surface area (Å²) < 4.78 is 0. The highest BCUT2D eigenvalue weighted by Crippen LogP contribution is 2.17. The van der Waals surface area contributed by atoms with Crippen molar-refractivity contribution in [2.75, 3.05) is 6.54 Å². The molecule has 0 spiro atoms. The fourth-order valence-corrected chi connectivity index (χ4v) is 2.77. The lowest BCUT2D eigenvalue weighted by atomic mass is 10.2. The Morgan fingerprint density at radius 3 is 3.06 bits per heavy atom. The SMILES string of the molecule is CC(C)c1csc(CNC(=O)C2CC(O)CN2)n1. The maximum absolute atomic E-state index is 11.8. The lowest BCUT2D eigenvalue weighted by molar-refractivity contribution is -0.123. The van der Waals surface area contributed by atoms with E-state index >= 15 is 0 Å². The average Bonchev–Trinajstić information content (AvgIpc) is 2.94. The van der Waals surface area contributed by atoms with Crippen molar-refractivity contribution in [2.45, 2.75) is 44.9 Å². The molecule has 1 aliphatic rings. The number of aromatic nitrogens is 1. The predicted molar refractivity (Wildman–Crippen MR) is 70.5 cm³/mol. The van der Waals surface area contributed by atoms with Gasteiger partial charge in [0, 0.05) is 11.9 Å². The molecule has 3 N–H and O–H groups in total. The first kappa shape index (κ1) is 13.5. The number of carbonyl (C=O) groups excluding carboxylic acids is 1. The molecule has 2 atom stereocenters. The second-order valence-corrected chi connectivity index (χ2v) is 5.83. The van der Waals surface area contributed by atoms with Gasteiger partial charge in [-0.3, -0.25) is 4.79 Å². The number of aliphatic hydroxyl groups is 1. The van der Waals surface area contributed by atoms with Gasteiger partial charge in [-0.25, -0.2) is 4.98 Å². The maximum Gasteiger partial charge on any atom is 0.237 e. The zero-order valence-corrected chi connectivity index (χ0v) is 11.5. The molecular weight excluding hydrogens is 250 g/mol. The molecule has 0 radical (unpaired) electrons. The molecule has 1 amide bonds. The summed E-state index contributed by atoms with van der Waals surface area (Å²) >= 11 is 1.57. The van der Waals surface area contributed by atoms with Gasteiger partial charge in [0.2, 0.25) is 5.91 Å². The molecular formula is C12H19N3O2S. The van der Waals surface area contributed by atoms with E-state index in [1.165, 1.54) is 0 Å². The average molecular weight is 269 g/mol. The Bertz CT molecular complexity index is 419. The van der Waals surface area contributed by atoms with Crippen molar-refractivity contribution in [1.29, 1.82) is 0 Å². The number of thiazole rings is 1. The first-order valence-corrected chi connectivity index (χ1v) is 7.07. The number of carbonyl (C=O) groups is 1. The molecule has 2 heterocycles. The molecule has 6 heteroatoms. The van der Waals surface area contributed by atoms with Gasteiger partial charge in [0.25, 0.3) is 0 Å². The van der Waals surface area contributed by atoms with Gasteiger partial charge in [-0.15, -0.1) is 11.3 Å². The quantitative estimate of drug-likeness (QED) is 0.748. The molecule has 0 aliphatic carbocycles. The van der Waals surface area contributed by atoms with Crippen molar-refractivity contribution < 1.29 is 9.90 Å². The molecule has 0 aromatic carbocycles. The van der Waals surface area contributed by atoms with E-state index in [9.17, 15) is 9.90 Å². The van der Waals surface area contributed by atoms with Crippen molar-refractivity contribution >= 4 is 17.2 Å². The highest BCUT2D eigenvalue weighted by Gasteiger charge is 2.27. The molecule has 1 fully saturated rings. The largest absolute Gasteiger partial charge is 0.392 e. The van der Waals surface area contributed by atoms with Crippen LogP contribution in [0.15, 0.2) is 5.38 Å². The topological polar surface area (TPSA) is 74.2 Å². The number of β-amino-alcohol motifs (C(OH)–C–C–N with tert-alkyl or cyclic N) is 1. The number of aliphatic hydroxyl groups excluding tert-OH is 1. The molecule has 0 bridgehead atoms. The van der Waals surface area contributed by atoms with E-state index < -0.39 is 6.10 Å². The minimum absolute atomic E-state index is 0.0622. The second-order valence-electron chi connectivity index (χ2n) is 4.89. The number of nitrogens with one attached hydrogen (secondary N) is 2. The van der Waals surface area contributed by atoms with E-state index in [0.29, 0.717) is 25.4 Å². The number of hydrogen-bond donors (Lipinski definition) is 3. The lowest BCUT2D eigenvalue weighted by Crippen LogP contribution is -2.39. The van der Waals surface area contributed by atoms with Crippen LogP contribution >= 0.6 is 11.3 Å². The van der Waals surface area contributed by atoms with Gasteiger partial charge in [-0.1, -0.05) is 13.8 Å². The summed E-state index contributed by atoms with van der Waals surface area (Å²) in [5, 5.41) is 18.1. The van der Waals surface area contributed by atoms with Crippen LogP contribution in [0, 0.1) is 0 Å². The zero-order chi connectivity index (χ0) is 13.1. The van der Waals surface area contributed by atoms with Crippen molar-refractivity contribution in [3.63, 3.8) is 0 Å². The minimum atomic E-state index is -0.409. The summed E-state index contributed by atoms with van der Waals surface area (Å²) in [6.45, 7) is 5.15. The third kappa shape index (κ3) is 3.28. The zero-order valence-electron chi connectivity index (χ0n) is 10.6. The van der Waals surface area contributed by atoms with Gasteiger partial charge in [0.1, 0.15) is 5.01 Å². The van der Waals surface area contributed by atoms with Crippen LogP contribution < -0.4 is 10.6 Å². The van der Waals surface area contributed by atoms with Crippen LogP contribution in [0.2, 0.25) is 0 Å². The van der Waals surface area contributed by atoms with Crippen LogP contribution in [0.3, 0.4) is 0 Å².